The van der Waals surface area contributed by atoms with Crippen molar-refractivity contribution in [3.8, 4) is 0 Å². The molecule has 2 N–H and O–H groups in total. The van der Waals surface area contributed by atoms with Crippen LogP contribution in [0.4, 0.5) is 0 Å². The molecule has 0 fully saturated rings. The number of aliphatic carboxylic acids is 1. The third-order valence-corrected chi connectivity index (χ3v) is 1.62. The Bertz CT molecular complexity index is 145. The number of carboxylic acid groups (broad SMARTS) is 1. The third kappa shape index (κ3) is 6.12. The van der Waals surface area contributed by atoms with Gasteiger partial charge in [-0.1, -0.05) is 0 Å². The van der Waals surface area contributed by atoms with E-state index < -0.39 is 5.97 Å². The Kier molecular flexibility index (Phi) is 4.85. The summed E-state index contributed by atoms with van der Waals surface area (Å²) in [7, 11) is 1.64. The van der Waals surface area contributed by atoms with Crippen molar-refractivity contribution in [2.24, 2.45) is 0 Å². The van der Waals surface area contributed by atoms with E-state index >= 15 is 0 Å². The topological polar surface area (TPSA) is 58.6 Å². The van der Waals surface area contributed by atoms with Gasteiger partial charge in [-0.3, -0.25) is 4.79 Å². The molecule has 4 nitrogen and oxygen atoms in total. The highest BCUT2D eigenvalue weighted by molar-refractivity contribution is 5.66. The molecule has 0 bridgehead atoms. The van der Waals surface area contributed by atoms with E-state index in [0.29, 0.717) is 13.1 Å². The Balaban J connectivity index is 3.37. The van der Waals surface area contributed by atoms with Crippen molar-refractivity contribution in [2.45, 2.75) is 25.9 Å². The molecule has 72 valence electrons. The van der Waals surface area contributed by atoms with Crippen LogP contribution in [-0.4, -0.2) is 36.9 Å². The number of methoxy groups -OCH3 is 1. The van der Waals surface area contributed by atoms with Crippen LogP contribution >= 0.6 is 0 Å². The molecule has 0 aromatic carbocycles. The molecule has 0 aliphatic rings. The molecule has 0 aliphatic carbocycles. The molecule has 0 saturated carbocycles. The SMILES string of the molecule is COC(C)(C)CNCCC(=O)O. The first-order valence-corrected chi connectivity index (χ1v) is 3.95. The molecule has 12 heavy (non-hydrogen) atoms. The molecule has 0 heterocycles. The zero-order valence-corrected chi connectivity index (χ0v) is 7.89. The maximum Gasteiger partial charge on any atom is 0.304 e. The lowest BCUT2D eigenvalue weighted by molar-refractivity contribution is -0.136. The van der Waals surface area contributed by atoms with E-state index in [2.05, 4.69) is 5.32 Å². The summed E-state index contributed by atoms with van der Waals surface area (Å²) in [5.41, 5.74) is -0.224. The molecule has 0 unspecified atom stereocenters. The third-order valence-electron chi connectivity index (χ3n) is 1.62. The van der Waals surface area contributed by atoms with Crippen LogP contribution in [0.25, 0.3) is 0 Å². The molecule has 0 aliphatic heterocycles. The maximum absolute atomic E-state index is 10.1. The summed E-state index contributed by atoms with van der Waals surface area (Å²) in [4.78, 5) is 10.1. The molecule has 0 saturated heterocycles. The lowest BCUT2D eigenvalue weighted by Gasteiger charge is -2.22. The second-order valence-corrected chi connectivity index (χ2v) is 3.28. The summed E-state index contributed by atoms with van der Waals surface area (Å²) in [5, 5.41) is 11.3. The minimum atomic E-state index is -0.780. The van der Waals surface area contributed by atoms with Crippen molar-refractivity contribution in [1.82, 2.24) is 5.32 Å². The molecular formula is C8H17NO3. The molecule has 0 rings (SSSR count). The minimum absolute atomic E-state index is 0.153. The van der Waals surface area contributed by atoms with Crippen LogP contribution in [0, 0.1) is 0 Å². The number of carboxylic acids is 1. The summed E-state index contributed by atoms with van der Waals surface area (Å²) in [6.07, 6.45) is 0.153. The van der Waals surface area contributed by atoms with Gasteiger partial charge in [0.2, 0.25) is 0 Å². The van der Waals surface area contributed by atoms with Crippen LogP contribution in [-0.2, 0) is 9.53 Å². The average molecular weight is 175 g/mol. The second kappa shape index (κ2) is 5.11. The Hall–Kier alpha value is -0.610. The van der Waals surface area contributed by atoms with Crippen molar-refractivity contribution >= 4 is 5.97 Å². The van der Waals surface area contributed by atoms with Gasteiger partial charge in [-0.15, -0.1) is 0 Å². The Morgan fingerprint density at radius 2 is 2.17 bits per heavy atom. The molecule has 0 aromatic rings. The molecule has 0 spiro atoms. The minimum Gasteiger partial charge on any atom is -0.481 e. The number of rotatable bonds is 6. The Morgan fingerprint density at radius 3 is 2.58 bits per heavy atom. The number of ether oxygens (including phenoxy) is 1. The maximum atomic E-state index is 10.1. The van der Waals surface area contributed by atoms with Crippen LogP contribution in [0.1, 0.15) is 20.3 Å². The van der Waals surface area contributed by atoms with Crippen molar-refractivity contribution in [3.05, 3.63) is 0 Å². The fourth-order valence-electron chi connectivity index (χ4n) is 0.657. The van der Waals surface area contributed by atoms with Gasteiger partial charge in [-0.2, -0.15) is 0 Å². The van der Waals surface area contributed by atoms with E-state index in [1.165, 1.54) is 0 Å². The van der Waals surface area contributed by atoms with Crippen molar-refractivity contribution in [3.63, 3.8) is 0 Å². The lowest BCUT2D eigenvalue weighted by atomic mass is 10.1. The van der Waals surface area contributed by atoms with Gasteiger partial charge in [-0.25, -0.2) is 0 Å². The van der Waals surface area contributed by atoms with Crippen molar-refractivity contribution in [1.29, 1.82) is 0 Å². The van der Waals surface area contributed by atoms with Crippen LogP contribution < -0.4 is 5.32 Å². The molecule has 0 radical (unpaired) electrons. The summed E-state index contributed by atoms with van der Waals surface area (Å²) < 4.78 is 5.13. The van der Waals surface area contributed by atoms with Gasteiger partial charge in [0.25, 0.3) is 0 Å². The van der Waals surface area contributed by atoms with Gasteiger partial charge in [-0.05, 0) is 13.8 Å². The van der Waals surface area contributed by atoms with Gasteiger partial charge in [0.05, 0.1) is 12.0 Å². The van der Waals surface area contributed by atoms with Gasteiger partial charge < -0.3 is 15.2 Å². The molecule has 0 atom stereocenters. The molecule has 4 heteroatoms. The van der Waals surface area contributed by atoms with Gasteiger partial charge in [0.15, 0.2) is 0 Å². The Labute approximate surface area is 72.9 Å². The monoisotopic (exact) mass is 175 g/mol. The predicted octanol–water partition coefficient (Wildman–Crippen LogP) is 0.476. The van der Waals surface area contributed by atoms with Crippen LogP contribution in [0.15, 0.2) is 0 Å². The first kappa shape index (κ1) is 11.4. The average Bonchev–Trinajstić information content (AvgIpc) is 1.98. The van der Waals surface area contributed by atoms with Gasteiger partial charge in [0, 0.05) is 20.2 Å². The van der Waals surface area contributed by atoms with Crippen molar-refractivity contribution in [2.75, 3.05) is 20.2 Å². The summed E-state index contributed by atoms with van der Waals surface area (Å²) in [6.45, 7) is 5.04. The zero-order valence-electron chi connectivity index (χ0n) is 7.89. The van der Waals surface area contributed by atoms with E-state index in [4.69, 9.17) is 9.84 Å². The molecule has 0 amide bonds. The van der Waals surface area contributed by atoms with E-state index in [-0.39, 0.29) is 12.0 Å². The molecule has 0 aromatic heterocycles. The first-order chi connectivity index (χ1) is 5.48. The van der Waals surface area contributed by atoms with E-state index in [9.17, 15) is 4.79 Å². The first-order valence-electron chi connectivity index (χ1n) is 3.95. The van der Waals surface area contributed by atoms with E-state index in [0.717, 1.165) is 0 Å². The largest absolute Gasteiger partial charge is 0.481 e. The highest BCUT2D eigenvalue weighted by atomic mass is 16.5. The predicted molar refractivity (Wildman–Crippen MR) is 46.2 cm³/mol. The number of carbonyl (C=O) groups is 1. The number of nitrogens with one attached hydrogen (secondary N) is 1. The normalized spacial score (nSPS) is 11.6. The second-order valence-electron chi connectivity index (χ2n) is 3.28. The number of hydrogen-bond acceptors (Lipinski definition) is 3. The zero-order chi connectivity index (χ0) is 9.61. The smallest absolute Gasteiger partial charge is 0.304 e. The van der Waals surface area contributed by atoms with E-state index in [1.54, 1.807) is 7.11 Å². The summed E-state index contributed by atoms with van der Waals surface area (Å²) in [6, 6.07) is 0. The Morgan fingerprint density at radius 1 is 1.58 bits per heavy atom. The highest BCUT2D eigenvalue weighted by Gasteiger charge is 2.14. The van der Waals surface area contributed by atoms with Gasteiger partial charge >= 0.3 is 5.97 Å². The van der Waals surface area contributed by atoms with Crippen LogP contribution in [0.5, 0.6) is 0 Å². The quantitative estimate of drug-likeness (QED) is 0.576. The highest BCUT2D eigenvalue weighted by Crippen LogP contribution is 2.04. The van der Waals surface area contributed by atoms with Crippen LogP contribution in [0.3, 0.4) is 0 Å². The lowest BCUT2D eigenvalue weighted by Crippen LogP contribution is -2.37. The summed E-state index contributed by atoms with van der Waals surface area (Å²) >= 11 is 0. The molecular weight excluding hydrogens is 158 g/mol. The van der Waals surface area contributed by atoms with E-state index in [1.807, 2.05) is 13.8 Å². The summed E-state index contributed by atoms with van der Waals surface area (Å²) in [5.74, 6) is -0.780. The standard InChI is InChI=1S/C8H17NO3/c1-8(2,12-3)6-9-5-4-7(10)11/h9H,4-6H2,1-3H3,(H,10,11). The fourth-order valence-corrected chi connectivity index (χ4v) is 0.657. The van der Waals surface area contributed by atoms with Crippen LogP contribution in [0.2, 0.25) is 0 Å². The number of hydrogen-bond donors (Lipinski definition) is 2. The fraction of sp³-hybridized carbons (Fsp3) is 0.875. The van der Waals surface area contributed by atoms with Gasteiger partial charge in [0.1, 0.15) is 0 Å². The van der Waals surface area contributed by atoms with Crippen molar-refractivity contribution < 1.29 is 14.6 Å².